The van der Waals surface area contributed by atoms with E-state index in [2.05, 4.69) is 24.1 Å². The molecule has 1 heterocycles. The Hall–Kier alpha value is -1.06. The number of hydrogen-bond acceptors (Lipinski definition) is 2. The van der Waals surface area contributed by atoms with Gasteiger partial charge in [0.05, 0.1) is 0 Å². The van der Waals surface area contributed by atoms with Gasteiger partial charge >= 0.3 is 0 Å². The zero-order valence-corrected chi connectivity index (χ0v) is 19.5. The highest BCUT2D eigenvalue weighted by atomic mass is 16.2. The van der Waals surface area contributed by atoms with Gasteiger partial charge in [-0.15, -0.1) is 0 Å². The molecule has 1 unspecified atom stereocenters. The molecule has 0 bridgehead atoms. The third-order valence-corrected chi connectivity index (χ3v) is 6.23. The molecule has 1 saturated heterocycles. The van der Waals surface area contributed by atoms with Crippen LogP contribution in [0.5, 0.6) is 0 Å². The Bertz CT molecular complexity index is 425. The van der Waals surface area contributed by atoms with Crippen molar-refractivity contribution in [1.29, 1.82) is 0 Å². The molecule has 2 amide bonds. The Morgan fingerprint density at radius 3 is 1.97 bits per heavy atom. The number of carbonyl (C=O) groups is 2. The van der Waals surface area contributed by atoms with Crippen LogP contribution in [-0.4, -0.2) is 35.8 Å². The van der Waals surface area contributed by atoms with Gasteiger partial charge in [-0.3, -0.25) is 9.59 Å². The fourth-order valence-corrected chi connectivity index (χ4v) is 4.30. The first-order valence-corrected chi connectivity index (χ1v) is 12.7. The van der Waals surface area contributed by atoms with Gasteiger partial charge in [-0.25, -0.2) is 0 Å². The van der Waals surface area contributed by atoms with Crippen LogP contribution in [0, 0.1) is 0 Å². The predicted molar refractivity (Wildman–Crippen MR) is 123 cm³/mol. The van der Waals surface area contributed by atoms with Gasteiger partial charge in [0.25, 0.3) is 0 Å². The zero-order chi connectivity index (χ0) is 21.2. The summed E-state index contributed by atoms with van der Waals surface area (Å²) in [5.74, 6) is 0.445. The summed E-state index contributed by atoms with van der Waals surface area (Å²) in [4.78, 5) is 26.8. The Morgan fingerprint density at radius 1 is 0.759 bits per heavy atom. The molecule has 1 aliphatic heterocycles. The number of nitrogens with zero attached hydrogens (tertiary/aromatic N) is 1. The van der Waals surface area contributed by atoms with Crippen LogP contribution in [0.3, 0.4) is 0 Å². The van der Waals surface area contributed by atoms with Gasteiger partial charge in [0.2, 0.25) is 11.8 Å². The second-order valence-corrected chi connectivity index (χ2v) is 8.93. The molecule has 0 spiro atoms. The van der Waals surface area contributed by atoms with Crippen molar-refractivity contribution in [3.8, 4) is 0 Å². The summed E-state index contributed by atoms with van der Waals surface area (Å²) < 4.78 is 0. The molecule has 0 radical (unpaired) electrons. The Kier molecular flexibility index (Phi) is 15.9. The third kappa shape index (κ3) is 13.0. The molecule has 4 heteroatoms. The molecule has 0 aromatic carbocycles. The normalized spacial score (nSPS) is 16.8. The summed E-state index contributed by atoms with van der Waals surface area (Å²) in [5.41, 5.74) is 0. The Labute approximate surface area is 180 Å². The van der Waals surface area contributed by atoms with Crippen molar-refractivity contribution >= 4 is 11.8 Å². The number of nitrogens with one attached hydrogen (secondary N) is 1. The van der Waals surface area contributed by atoms with Crippen LogP contribution in [0.15, 0.2) is 0 Å². The molecule has 1 N–H and O–H groups in total. The fourth-order valence-electron chi connectivity index (χ4n) is 4.30. The van der Waals surface area contributed by atoms with Crippen LogP contribution < -0.4 is 5.32 Å². The van der Waals surface area contributed by atoms with E-state index in [0.717, 1.165) is 45.1 Å². The second-order valence-electron chi connectivity index (χ2n) is 8.93. The van der Waals surface area contributed by atoms with Gasteiger partial charge in [0.15, 0.2) is 0 Å². The van der Waals surface area contributed by atoms with Crippen molar-refractivity contribution in [3.63, 3.8) is 0 Å². The van der Waals surface area contributed by atoms with Crippen molar-refractivity contribution in [1.82, 2.24) is 10.2 Å². The minimum absolute atomic E-state index is 0.145. The summed E-state index contributed by atoms with van der Waals surface area (Å²) in [6, 6.07) is 0.203. The van der Waals surface area contributed by atoms with Crippen LogP contribution in [0.4, 0.5) is 0 Å². The molecular weight excluding hydrogens is 360 g/mol. The van der Waals surface area contributed by atoms with Gasteiger partial charge in [-0.1, -0.05) is 84.5 Å². The highest BCUT2D eigenvalue weighted by Gasteiger charge is 2.26. The van der Waals surface area contributed by atoms with E-state index < -0.39 is 0 Å². The van der Waals surface area contributed by atoms with E-state index in [9.17, 15) is 9.59 Å². The smallest absolute Gasteiger partial charge is 0.222 e. The van der Waals surface area contributed by atoms with Crippen LogP contribution in [0.2, 0.25) is 0 Å². The molecular formula is C25H48N2O2. The van der Waals surface area contributed by atoms with Crippen molar-refractivity contribution in [2.75, 3.05) is 13.1 Å². The molecule has 1 atom stereocenters. The molecule has 0 aliphatic carbocycles. The number of amides is 2. The number of hydrogen-bond donors (Lipinski definition) is 1. The molecule has 4 nitrogen and oxygen atoms in total. The van der Waals surface area contributed by atoms with E-state index in [4.69, 9.17) is 0 Å². The highest BCUT2D eigenvalue weighted by molar-refractivity contribution is 5.77. The third-order valence-electron chi connectivity index (χ3n) is 6.23. The van der Waals surface area contributed by atoms with Crippen molar-refractivity contribution in [3.05, 3.63) is 0 Å². The lowest BCUT2D eigenvalue weighted by atomic mass is 10.0. The lowest BCUT2D eigenvalue weighted by Gasteiger charge is -2.36. The number of likely N-dealkylation sites (tertiary alicyclic amines) is 1. The largest absolute Gasteiger partial charge is 0.354 e. The number of carbonyl (C=O) groups excluding carboxylic acids is 2. The maximum atomic E-state index is 12.7. The van der Waals surface area contributed by atoms with Gasteiger partial charge in [0, 0.05) is 32.0 Å². The molecule has 0 aromatic rings. The minimum atomic E-state index is 0.145. The average Bonchev–Trinajstić information content (AvgIpc) is 2.74. The zero-order valence-electron chi connectivity index (χ0n) is 19.5. The molecule has 1 aliphatic rings. The maximum absolute atomic E-state index is 12.7. The fraction of sp³-hybridized carbons (Fsp3) is 0.920. The summed E-state index contributed by atoms with van der Waals surface area (Å²) in [7, 11) is 0. The van der Waals surface area contributed by atoms with E-state index in [1.807, 2.05) is 0 Å². The van der Waals surface area contributed by atoms with E-state index in [1.165, 1.54) is 64.2 Å². The topological polar surface area (TPSA) is 49.4 Å². The molecule has 0 aromatic heterocycles. The van der Waals surface area contributed by atoms with Crippen LogP contribution in [-0.2, 0) is 9.59 Å². The molecule has 29 heavy (non-hydrogen) atoms. The van der Waals surface area contributed by atoms with Gasteiger partial charge in [-0.2, -0.15) is 0 Å². The van der Waals surface area contributed by atoms with Crippen LogP contribution in [0.1, 0.15) is 129 Å². The lowest BCUT2D eigenvalue weighted by Crippen LogP contribution is -2.49. The summed E-state index contributed by atoms with van der Waals surface area (Å²) in [6.45, 7) is 5.91. The van der Waals surface area contributed by atoms with Crippen molar-refractivity contribution in [2.24, 2.45) is 0 Å². The number of piperidine rings is 1. The first-order chi connectivity index (χ1) is 14.2. The average molecular weight is 409 g/mol. The Balaban J connectivity index is 2.14. The monoisotopic (exact) mass is 408 g/mol. The minimum Gasteiger partial charge on any atom is -0.354 e. The van der Waals surface area contributed by atoms with Crippen LogP contribution >= 0.6 is 0 Å². The first-order valence-electron chi connectivity index (χ1n) is 12.7. The van der Waals surface area contributed by atoms with Gasteiger partial charge < -0.3 is 10.2 Å². The summed E-state index contributed by atoms with van der Waals surface area (Å²) >= 11 is 0. The number of unbranched alkanes of at least 4 members (excludes halogenated alkanes) is 11. The van der Waals surface area contributed by atoms with Gasteiger partial charge in [-0.05, 0) is 32.1 Å². The Morgan fingerprint density at radius 2 is 1.31 bits per heavy atom. The summed E-state index contributed by atoms with van der Waals surface area (Å²) in [6.07, 6.45) is 20.8. The van der Waals surface area contributed by atoms with E-state index in [1.54, 1.807) is 0 Å². The highest BCUT2D eigenvalue weighted by Crippen LogP contribution is 2.19. The molecule has 170 valence electrons. The number of rotatable bonds is 17. The molecule has 1 fully saturated rings. The second kappa shape index (κ2) is 17.8. The lowest BCUT2D eigenvalue weighted by molar-refractivity contribution is -0.135. The van der Waals surface area contributed by atoms with Crippen LogP contribution in [0.25, 0.3) is 0 Å². The quantitative estimate of drug-likeness (QED) is 0.284. The van der Waals surface area contributed by atoms with Crippen molar-refractivity contribution < 1.29 is 9.59 Å². The van der Waals surface area contributed by atoms with E-state index in [-0.39, 0.29) is 11.9 Å². The summed E-state index contributed by atoms with van der Waals surface area (Å²) in [5, 5.41) is 3.07. The van der Waals surface area contributed by atoms with Gasteiger partial charge in [0.1, 0.15) is 0 Å². The van der Waals surface area contributed by atoms with E-state index >= 15 is 0 Å². The van der Waals surface area contributed by atoms with Crippen molar-refractivity contribution in [2.45, 2.75) is 135 Å². The maximum Gasteiger partial charge on any atom is 0.222 e. The molecule has 1 rings (SSSR count). The predicted octanol–water partition coefficient (Wildman–Crippen LogP) is 6.38. The standard InChI is InChI=1S/C25H48N2O2/c1-3-5-7-8-9-10-11-12-13-15-20-25(29)27-21-17-16-18-23(27)22-26-24(28)19-14-6-4-2/h23H,3-22H2,1-2H3,(H,26,28). The van der Waals surface area contributed by atoms with E-state index in [0.29, 0.717) is 25.3 Å². The molecule has 0 saturated carbocycles. The SMILES string of the molecule is CCCCCCCCCCCCC(=O)N1CCCCC1CNC(=O)CCCCC. The first kappa shape index (κ1) is 26.0.